The molecule has 0 saturated heterocycles. The fraction of sp³-hybridized carbons (Fsp3) is 0.188. The quantitative estimate of drug-likeness (QED) is 0.867. The molecule has 2 aliphatic heterocycles. The van der Waals surface area contributed by atoms with Crippen molar-refractivity contribution in [3.8, 4) is 0 Å². The largest absolute Gasteiger partial charge is 0.330 e. The van der Waals surface area contributed by atoms with Gasteiger partial charge in [0.1, 0.15) is 0 Å². The molecule has 0 spiro atoms. The average Bonchev–Trinajstić information content (AvgIpc) is 2.93. The zero-order chi connectivity index (χ0) is 13.5. The summed E-state index contributed by atoms with van der Waals surface area (Å²) in [5.41, 5.74) is 3.58. The number of hydrogen-bond donors (Lipinski definition) is 1. The summed E-state index contributed by atoms with van der Waals surface area (Å²) in [6.07, 6.45) is 0. The van der Waals surface area contributed by atoms with E-state index in [4.69, 9.17) is 11.6 Å². The molecule has 0 fully saturated rings. The first kappa shape index (κ1) is 11.8. The van der Waals surface area contributed by atoms with Crippen LogP contribution in [0.4, 0.5) is 5.69 Å². The molecule has 1 unspecified atom stereocenters. The van der Waals surface area contributed by atoms with Gasteiger partial charge in [0.25, 0.3) is 0 Å². The molecule has 0 bridgehead atoms. The van der Waals surface area contributed by atoms with Crippen molar-refractivity contribution in [1.29, 1.82) is 0 Å². The lowest BCUT2D eigenvalue weighted by Gasteiger charge is -2.37. The van der Waals surface area contributed by atoms with E-state index in [9.17, 15) is 0 Å². The van der Waals surface area contributed by atoms with Crippen LogP contribution in [-0.4, -0.2) is 23.9 Å². The number of rotatable bonds is 1. The molecule has 2 aliphatic rings. The highest BCUT2D eigenvalue weighted by atomic mass is 35.5. The van der Waals surface area contributed by atoms with E-state index in [0.717, 1.165) is 29.8 Å². The van der Waals surface area contributed by atoms with Gasteiger partial charge in [0.15, 0.2) is 5.96 Å². The number of aliphatic imine (C=N–C) groups is 1. The number of guanidine groups is 1. The van der Waals surface area contributed by atoms with E-state index in [1.807, 2.05) is 18.2 Å². The molecule has 0 radical (unpaired) electrons. The van der Waals surface area contributed by atoms with Crippen molar-refractivity contribution in [3.63, 3.8) is 0 Å². The number of fused-ring (bicyclic) bond motifs is 2. The molecule has 0 amide bonds. The van der Waals surface area contributed by atoms with Crippen LogP contribution in [0.15, 0.2) is 53.5 Å². The first-order chi connectivity index (χ1) is 9.83. The number of halogens is 1. The van der Waals surface area contributed by atoms with Crippen LogP contribution in [0.5, 0.6) is 0 Å². The van der Waals surface area contributed by atoms with E-state index >= 15 is 0 Å². The molecule has 0 aliphatic carbocycles. The van der Waals surface area contributed by atoms with Crippen LogP contribution in [0.1, 0.15) is 17.2 Å². The topological polar surface area (TPSA) is 27.6 Å². The monoisotopic (exact) mass is 283 g/mol. The molecule has 3 nitrogen and oxygen atoms in total. The number of benzene rings is 2. The highest BCUT2D eigenvalue weighted by Gasteiger charge is 2.34. The molecule has 0 aromatic heterocycles. The molecule has 2 heterocycles. The van der Waals surface area contributed by atoms with E-state index in [0.29, 0.717) is 0 Å². The molecule has 100 valence electrons. The van der Waals surface area contributed by atoms with Crippen molar-refractivity contribution in [2.75, 3.05) is 18.4 Å². The minimum atomic E-state index is 0.187. The second-order valence-corrected chi connectivity index (χ2v) is 5.50. The van der Waals surface area contributed by atoms with E-state index in [1.54, 1.807) is 0 Å². The predicted octanol–water partition coefficient (Wildman–Crippen LogP) is 3.53. The van der Waals surface area contributed by atoms with Crippen LogP contribution in [-0.2, 0) is 0 Å². The summed E-state index contributed by atoms with van der Waals surface area (Å²) in [5.74, 6) is 0.966. The summed E-state index contributed by atoms with van der Waals surface area (Å²) in [5, 5.41) is 4.17. The third-order valence-corrected chi connectivity index (χ3v) is 4.09. The lowest BCUT2D eigenvalue weighted by molar-refractivity contribution is 0.382. The third-order valence-electron chi connectivity index (χ3n) is 3.86. The maximum atomic E-state index is 6.20. The fourth-order valence-corrected chi connectivity index (χ4v) is 3.16. The van der Waals surface area contributed by atoms with Crippen molar-refractivity contribution in [2.24, 2.45) is 4.99 Å². The SMILES string of the molecule is Clc1ccc2c(c1)C(c1ccccc1)N1CCN=C1N2. The van der Waals surface area contributed by atoms with Crippen LogP contribution < -0.4 is 5.32 Å². The van der Waals surface area contributed by atoms with Crippen molar-refractivity contribution >= 4 is 23.2 Å². The highest BCUT2D eigenvalue weighted by Crippen LogP contribution is 2.39. The summed E-state index contributed by atoms with van der Waals surface area (Å²) in [4.78, 5) is 6.87. The minimum Gasteiger partial charge on any atom is -0.330 e. The predicted molar refractivity (Wildman–Crippen MR) is 82.4 cm³/mol. The zero-order valence-corrected chi connectivity index (χ0v) is 11.6. The van der Waals surface area contributed by atoms with Gasteiger partial charge < -0.3 is 10.2 Å². The number of anilines is 1. The normalized spacial score (nSPS) is 19.9. The molecule has 4 heteroatoms. The van der Waals surface area contributed by atoms with E-state index in [2.05, 4.69) is 45.5 Å². The lowest BCUT2D eigenvalue weighted by Crippen LogP contribution is -2.41. The van der Waals surface area contributed by atoms with Gasteiger partial charge in [0.2, 0.25) is 0 Å². The van der Waals surface area contributed by atoms with Crippen LogP contribution in [0.2, 0.25) is 5.02 Å². The molecule has 1 N–H and O–H groups in total. The molecule has 4 rings (SSSR count). The Kier molecular flexibility index (Phi) is 2.67. The summed E-state index contributed by atoms with van der Waals surface area (Å²) in [7, 11) is 0. The van der Waals surface area contributed by atoms with Crippen LogP contribution in [0, 0.1) is 0 Å². The summed E-state index contributed by atoms with van der Waals surface area (Å²) in [6.45, 7) is 1.78. The van der Waals surface area contributed by atoms with E-state index in [-0.39, 0.29) is 6.04 Å². The van der Waals surface area contributed by atoms with E-state index in [1.165, 1.54) is 11.1 Å². The maximum absolute atomic E-state index is 6.20. The van der Waals surface area contributed by atoms with Crippen molar-refractivity contribution < 1.29 is 0 Å². The van der Waals surface area contributed by atoms with E-state index < -0.39 is 0 Å². The molecule has 20 heavy (non-hydrogen) atoms. The Morgan fingerprint density at radius 2 is 2.00 bits per heavy atom. The van der Waals surface area contributed by atoms with Gasteiger partial charge in [-0.15, -0.1) is 0 Å². The Hall–Kier alpha value is -2.00. The van der Waals surface area contributed by atoms with Crippen LogP contribution >= 0.6 is 11.6 Å². The van der Waals surface area contributed by atoms with Gasteiger partial charge in [-0.05, 0) is 23.8 Å². The van der Waals surface area contributed by atoms with Gasteiger partial charge >= 0.3 is 0 Å². The molecular weight excluding hydrogens is 270 g/mol. The lowest BCUT2D eigenvalue weighted by atomic mass is 9.94. The Balaban J connectivity index is 1.91. The smallest absolute Gasteiger partial charge is 0.199 e. The van der Waals surface area contributed by atoms with Crippen molar-refractivity contribution in [2.45, 2.75) is 6.04 Å². The van der Waals surface area contributed by atoms with Crippen LogP contribution in [0.25, 0.3) is 0 Å². The average molecular weight is 284 g/mol. The third kappa shape index (κ3) is 1.78. The zero-order valence-electron chi connectivity index (χ0n) is 10.9. The first-order valence-corrected chi connectivity index (χ1v) is 7.13. The molecule has 2 aromatic carbocycles. The summed E-state index contributed by atoms with van der Waals surface area (Å²) in [6, 6.07) is 16.7. The Labute approximate surface area is 122 Å². The number of nitrogens with zero attached hydrogens (tertiary/aromatic N) is 2. The number of hydrogen-bond acceptors (Lipinski definition) is 3. The van der Waals surface area contributed by atoms with Crippen LogP contribution in [0.3, 0.4) is 0 Å². The van der Waals surface area contributed by atoms with Crippen molar-refractivity contribution in [1.82, 2.24) is 4.90 Å². The van der Waals surface area contributed by atoms with Gasteiger partial charge in [0, 0.05) is 22.8 Å². The van der Waals surface area contributed by atoms with Gasteiger partial charge in [0.05, 0.1) is 12.6 Å². The first-order valence-electron chi connectivity index (χ1n) is 6.75. The summed E-state index contributed by atoms with van der Waals surface area (Å²) < 4.78 is 0. The number of nitrogens with one attached hydrogen (secondary N) is 1. The summed E-state index contributed by atoms with van der Waals surface area (Å²) >= 11 is 6.20. The standard InChI is InChI=1S/C16H14ClN3/c17-12-6-7-14-13(10-12)15(11-4-2-1-3-5-11)20-9-8-18-16(20)19-14/h1-7,10,15H,8-9H2,(H,18,19). The Bertz CT molecular complexity index is 681. The minimum absolute atomic E-state index is 0.187. The highest BCUT2D eigenvalue weighted by molar-refractivity contribution is 6.30. The second kappa shape index (κ2) is 4.53. The molecule has 0 saturated carbocycles. The van der Waals surface area contributed by atoms with Crippen molar-refractivity contribution in [3.05, 3.63) is 64.7 Å². The second-order valence-electron chi connectivity index (χ2n) is 5.07. The molecule has 1 atom stereocenters. The Morgan fingerprint density at radius 3 is 2.85 bits per heavy atom. The Morgan fingerprint density at radius 1 is 1.15 bits per heavy atom. The molecule has 2 aromatic rings. The maximum Gasteiger partial charge on any atom is 0.199 e. The molecular formula is C16H14ClN3. The van der Waals surface area contributed by atoms with Gasteiger partial charge in [-0.2, -0.15) is 0 Å². The van der Waals surface area contributed by atoms with Gasteiger partial charge in [-0.25, -0.2) is 0 Å². The van der Waals surface area contributed by atoms with Gasteiger partial charge in [-0.3, -0.25) is 4.99 Å². The fourth-order valence-electron chi connectivity index (χ4n) is 2.98. The van der Waals surface area contributed by atoms with Gasteiger partial charge in [-0.1, -0.05) is 41.9 Å².